The van der Waals surface area contributed by atoms with Crippen LogP contribution in [-0.2, 0) is 20.4 Å². The molecular weight excluding hydrogens is 691 g/mol. The van der Waals surface area contributed by atoms with Gasteiger partial charge in [0.15, 0.2) is 0 Å². The summed E-state index contributed by atoms with van der Waals surface area (Å²) in [4.78, 5) is 14.2. The standard InChI is InChI=1S/C44H32N4.Pd/c1-5-19-37(20-6-1)47(38-21-7-2-8-22-38)41-27-15-17-35(31-41)33-45-43-29-13-14-30-44(43)46-34-36-18-16-28-42(32-36)48(39-23-9-3-10-24-39)40-25-11-4-12-26-40;/h1-16,19-34H;/q-2;+2. The minimum absolute atomic E-state index is 0. The first kappa shape index (κ1) is 33.1. The molecule has 0 aliphatic heterocycles. The molecule has 0 spiro atoms. The quantitative estimate of drug-likeness (QED) is 0.0799. The van der Waals surface area contributed by atoms with Crippen LogP contribution in [0.2, 0.25) is 0 Å². The molecule has 7 aromatic rings. The summed E-state index contributed by atoms with van der Waals surface area (Å²) < 4.78 is 0. The molecule has 0 fully saturated rings. The minimum Gasteiger partial charge on any atom is -0.328 e. The molecule has 0 saturated carbocycles. The average molecular weight is 723 g/mol. The van der Waals surface area contributed by atoms with Gasteiger partial charge in [-0.25, -0.2) is 0 Å². The van der Waals surface area contributed by atoms with E-state index in [0.717, 1.165) is 56.6 Å². The number of rotatable bonds is 10. The van der Waals surface area contributed by atoms with Crippen LogP contribution >= 0.6 is 0 Å². The van der Waals surface area contributed by atoms with Crippen LogP contribution < -0.4 is 9.80 Å². The number of aliphatic imine (C=N–C) groups is 2. The Kier molecular flexibility index (Phi) is 11.0. The zero-order valence-corrected chi connectivity index (χ0v) is 28.1. The van der Waals surface area contributed by atoms with Gasteiger partial charge >= 0.3 is 20.4 Å². The summed E-state index contributed by atoms with van der Waals surface area (Å²) in [5, 5.41) is 0. The second-order valence-corrected chi connectivity index (χ2v) is 11.0. The summed E-state index contributed by atoms with van der Waals surface area (Å²) in [6.45, 7) is 0. The molecule has 0 N–H and O–H groups in total. The second kappa shape index (κ2) is 16.3. The molecule has 238 valence electrons. The van der Waals surface area contributed by atoms with Crippen molar-refractivity contribution in [3.63, 3.8) is 0 Å². The monoisotopic (exact) mass is 722 g/mol. The smallest absolute Gasteiger partial charge is 0.328 e. The van der Waals surface area contributed by atoms with Gasteiger partial charge in [0.25, 0.3) is 0 Å². The normalized spacial score (nSPS) is 10.9. The Balaban J connectivity index is 0.00000417. The van der Waals surface area contributed by atoms with Crippen LogP contribution in [0.1, 0.15) is 11.1 Å². The molecular formula is C44H32N4Pd. The molecule has 0 bridgehead atoms. The molecule has 49 heavy (non-hydrogen) atoms. The number of hydrogen-bond acceptors (Lipinski definition) is 4. The summed E-state index contributed by atoms with van der Waals surface area (Å²) in [6.07, 6.45) is 3.69. The molecule has 0 aromatic heterocycles. The fraction of sp³-hybridized carbons (Fsp3) is 0. The topological polar surface area (TPSA) is 31.2 Å². The second-order valence-electron chi connectivity index (χ2n) is 11.0. The Labute approximate surface area is 302 Å². The van der Waals surface area contributed by atoms with E-state index >= 15 is 0 Å². The number of para-hydroxylation sites is 6. The molecule has 0 amide bonds. The molecule has 0 aliphatic carbocycles. The summed E-state index contributed by atoms with van der Waals surface area (Å²) in [5.74, 6) is 0. The summed E-state index contributed by atoms with van der Waals surface area (Å²) in [7, 11) is 0. The van der Waals surface area contributed by atoms with Gasteiger partial charge in [-0.3, -0.25) is 0 Å². The van der Waals surface area contributed by atoms with E-state index in [9.17, 15) is 0 Å². The molecule has 7 aromatic carbocycles. The fourth-order valence-electron chi connectivity index (χ4n) is 5.54. The predicted octanol–water partition coefficient (Wildman–Crippen LogP) is 11.7. The van der Waals surface area contributed by atoms with E-state index in [1.165, 1.54) is 0 Å². The molecule has 0 unspecified atom stereocenters. The number of benzene rings is 7. The molecule has 5 heteroatoms. The fourth-order valence-corrected chi connectivity index (χ4v) is 5.54. The Hall–Kier alpha value is -5.86. The van der Waals surface area contributed by atoms with Gasteiger partial charge in [0.05, 0.1) is 11.4 Å². The van der Waals surface area contributed by atoms with Crippen LogP contribution in [0.25, 0.3) is 0 Å². The van der Waals surface area contributed by atoms with Gasteiger partial charge in [-0.1, -0.05) is 84.9 Å². The van der Waals surface area contributed by atoms with Crippen molar-refractivity contribution in [2.24, 2.45) is 9.98 Å². The zero-order chi connectivity index (χ0) is 32.4. The van der Waals surface area contributed by atoms with Crippen molar-refractivity contribution < 1.29 is 20.4 Å². The average Bonchev–Trinajstić information content (AvgIpc) is 3.16. The molecule has 0 radical (unpaired) electrons. The first-order valence-corrected chi connectivity index (χ1v) is 15.8. The van der Waals surface area contributed by atoms with E-state index in [2.05, 4.69) is 143 Å². The number of anilines is 6. The van der Waals surface area contributed by atoms with E-state index in [0.29, 0.717) is 0 Å². The van der Waals surface area contributed by atoms with Gasteiger partial charge in [-0.05, 0) is 84.5 Å². The van der Waals surface area contributed by atoms with Crippen LogP contribution in [0.3, 0.4) is 0 Å². The minimum atomic E-state index is 0. The van der Waals surface area contributed by atoms with Gasteiger partial charge in [-0.15, -0.1) is 59.7 Å². The van der Waals surface area contributed by atoms with Crippen molar-refractivity contribution in [2.45, 2.75) is 0 Å². The maximum Gasteiger partial charge on any atom is 2.00 e. The Morgan fingerprint density at radius 2 is 0.673 bits per heavy atom. The third kappa shape index (κ3) is 8.17. The van der Waals surface area contributed by atoms with Gasteiger partial charge in [0.1, 0.15) is 0 Å². The summed E-state index contributed by atoms with van der Waals surface area (Å²) in [6, 6.07) is 68.2. The van der Waals surface area contributed by atoms with Crippen molar-refractivity contribution in [1.82, 2.24) is 0 Å². The predicted molar refractivity (Wildman–Crippen MR) is 201 cm³/mol. The van der Waals surface area contributed by atoms with Gasteiger partial charge < -0.3 is 19.8 Å². The van der Waals surface area contributed by atoms with E-state index in [4.69, 9.17) is 9.98 Å². The number of hydrogen-bond donors (Lipinski definition) is 0. The first-order chi connectivity index (χ1) is 23.8. The molecule has 0 aliphatic rings. The summed E-state index contributed by atoms with van der Waals surface area (Å²) >= 11 is 0. The van der Waals surface area contributed by atoms with E-state index in [1.807, 2.05) is 73.1 Å². The summed E-state index contributed by atoms with van der Waals surface area (Å²) in [5.41, 5.74) is 9.62. The number of nitrogens with zero attached hydrogens (tertiary/aromatic N) is 4. The Bertz CT molecular complexity index is 1900. The SMILES string of the molecule is [Pd+2].[c-]1ccc(N(c2ccccc2)c2ccccc2)cc1C=Nc1ccccc1N=Cc1[c-]ccc(N(c2ccccc2)c2ccccc2)c1. The Morgan fingerprint density at radius 3 is 1.00 bits per heavy atom. The van der Waals surface area contributed by atoms with Gasteiger partial charge in [0, 0.05) is 22.7 Å². The molecule has 0 saturated heterocycles. The van der Waals surface area contributed by atoms with Crippen molar-refractivity contribution in [1.29, 1.82) is 0 Å². The van der Waals surface area contributed by atoms with Crippen molar-refractivity contribution in [3.8, 4) is 0 Å². The van der Waals surface area contributed by atoms with Gasteiger partial charge in [-0.2, -0.15) is 0 Å². The Morgan fingerprint density at radius 1 is 0.367 bits per heavy atom. The van der Waals surface area contributed by atoms with E-state index in [1.54, 1.807) is 0 Å². The van der Waals surface area contributed by atoms with Crippen LogP contribution in [0.15, 0.2) is 192 Å². The van der Waals surface area contributed by atoms with Crippen molar-refractivity contribution >= 4 is 57.9 Å². The maximum absolute atomic E-state index is 4.85. The maximum atomic E-state index is 4.85. The third-order valence-corrected chi connectivity index (χ3v) is 7.76. The largest absolute Gasteiger partial charge is 2.00 e. The first-order valence-electron chi connectivity index (χ1n) is 15.8. The van der Waals surface area contributed by atoms with E-state index < -0.39 is 0 Å². The van der Waals surface area contributed by atoms with Crippen molar-refractivity contribution in [2.75, 3.05) is 9.80 Å². The molecule has 0 atom stereocenters. The van der Waals surface area contributed by atoms with Crippen molar-refractivity contribution in [3.05, 3.63) is 205 Å². The van der Waals surface area contributed by atoms with Crippen LogP contribution in [0.4, 0.5) is 45.5 Å². The third-order valence-electron chi connectivity index (χ3n) is 7.76. The molecule has 7 rings (SSSR count). The van der Waals surface area contributed by atoms with Gasteiger partial charge in [0.2, 0.25) is 0 Å². The van der Waals surface area contributed by atoms with E-state index in [-0.39, 0.29) is 20.4 Å². The zero-order valence-electron chi connectivity index (χ0n) is 26.6. The van der Waals surface area contributed by atoms with Crippen LogP contribution in [0.5, 0.6) is 0 Å². The van der Waals surface area contributed by atoms with Crippen LogP contribution in [-0.4, -0.2) is 12.4 Å². The molecule has 4 nitrogen and oxygen atoms in total. The van der Waals surface area contributed by atoms with Crippen LogP contribution in [0, 0.1) is 12.1 Å². The molecule has 0 heterocycles.